The number of rotatable bonds is 3. The van der Waals surface area contributed by atoms with Crippen molar-refractivity contribution in [1.82, 2.24) is 5.32 Å². The van der Waals surface area contributed by atoms with Gasteiger partial charge in [-0.05, 0) is 43.2 Å². The van der Waals surface area contributed by atoms with E-state index in [4.69, 9.17) is 4.74 Å². The van der Waals surface area contributed by atoms with Gasteiger partial charge in [-0.25, -0.2) is 0 Å². The quantitative estimate of drug-likeness (QED) is 0.923. The van der Waals surface area contributed by atoms with Crippen LogP contribution in [0.3, 0.4) is 0 Å². The normalized spacial score (nSPS) is 30.2. The van der Waals surface area contributed by atoms with E-state index >= 15 is 0 Å². The maximum Gasteiger partial charge on any atom is 0.121 e. The first-order valence-electron chi connectivity index (χ1n) is 8.45. The van der Waals surface area contributed by atoms with Crippen molar-refractivity contribution in [3.05, 3.63) is 24.3 Å². The molecule has 0 aromatic heterocycles. The van der Waals surface area contributed by atoms with Gasteiger partial charge in [-0.3, -0.25) is 0 Å². The topological polar surface area (TPSA) is 24.5 Å². The van der Waals surface area contributed by atoms with Crippen LogP contribution in [0, 0.1) is 11.8 Å². The highest BCUT2D eigenvalue weighted by atomic mass is 16.5. The lowest BCUT2D eigenvalue weighted by Crippen LogP contribution is -2.43. The molecule has 0 radical (unpaired) electrons. The molecular weight excluding hydrogens is 260 g/mol. The average molecular weight is 288 g/mol. The smallest absolute Gasteiger partial charge is 0.121 e. The molecule has 0 spiro atoms. The molecule has 3 unspecified atom stereocenters. The highest BCUT2D eigenvalue weighted by Gasteiger charge is 2.25. The van der Waals surface area contributed by atoms with Crippen LogP contribution in [0.25, 0.3) is 0 Å². The molecule has 2 fully saturated rings. The summed E-state index contributed by atoms with van der Waals surface area (Å²) in [5, 5.41) is 3.40. The van der Waals surface area contributed by atoms with Gasteiger partial charge in [0.05, 0.1) is 6.10 Å². The average Bonchev–Trinajstić information content (AvgIpc) is 2.52. The maximum absolute atomic E-state index is 6.26. The molecule has 116 valence electrons. The van der Waals surface area contributed by atoms with Crippen molar-refractivity contribution in [1.29, 1.82) is 0 Å². The number of piperazine rings is 1. The van der Waals surface area contributed by atoms with E-state index in [9.17, 15) is 0 Å². The number of nitrogens with one attached hydrogen (secondary N) is 1. The highest BCUT2D eigenvalue weighted by molar-refractivity contribution is 5.51. The number of hydrogen-bond acceptors (Lipinski definition) is 3. The third-order valence-corrected chi connectivity index (χ3v) is 5.15. The molecule has 0 amide bonds. The summed E-state index contributed by atoms with van der Waals surface area (Å²) in [7, 11) is 0. The largest absolute Gasteiger partial charge is 0.490 e. The second-order valence-electron chi connectivity index (χ2n) is 6.74. The van der Waals surface area contributed by atoms with Gasteiger partial charge in [-0.15, -0.1) is 0 Å². The van der Waals surface area contributed by atoms with Crippen LogP contribution < -0.4 is 15.0 Å². The summed E-state index contributed by atoms with van der Waals surface area (Å²) < 4.78 is 6.26. The van der Waals surface area contributed by atoms with E-state index < -0.39 is 0 Å². The van der Waals surface area contributed by atoms with Crippen molar-refractivity contribution in [2.75, 3.05) is 31.1 Å². The van der Waals surface area contributed by atoms with Crippen molar-refractivity contribution in [2.45, 2.75) is 39.2 Å². The van der Waals surface area contributed by atoms with Crippen LogP contribution >= 0.6 is 0 Å². The number of benzene rings is 1. The Morgan fingerprint density at radius 3 is 2.67 bits per heavy atom. The fourth-order valence-corrected chi connectivity index (χ4v) is 3.47. The summed E-state index contributed by atoms with van der Waals surface area (Å²) in [4.78, 5) is 2.44. The third-order valence-electron chi connectivity index (χ3n) is 5.15. The zero-order valence-corrected chi connectivity index (χ0v) is 13.3. The predicted molar refractivity (Wildman–Crippen MR) is 88.1 cm³/mol. The van der Waals surface area contributed by atoms with Crippen LogP contribution in [-0.4, -0.2) is 32.3 Å². The highest BCUT2D eigenvalue weighted by Crippen LogP contribution is 2.32. The number of ether oxygens (including phenoxy) is 1. The summed E-state index contributed by atoms with van der Waals surface area (Å²) in [5.74, 6) is 2.66. The summed E-state index contributed by atoms with van der Waals surface area (Å²) >= 11 is 0. The van der Waals surface area contributed by atoms with Gasteiger partial charge >= 0.3 is 0 Å². The second-order valence-corrected chi connectivity index (χ2v) is 6.74. The van der Waals surface area contributed by atoms with E-state index in [-0.39, 0.29) is 0 Å². The van der Waals surface area contributed by atoms with E-state index in [2.05, 4.69) is 48.3 Å². The lowest BCUT2D eigenvalue weighted by molar-refractivity contribution is 0.101. The van der Waals surface area contributed by atoms with Gasteiger partial charge in [0, 0.05) is 37.9 Å². The lowest BCUT2D eigenvalue weighted by Gasteiger charge is -2.33. The van der Waals surface area contributed by atoms with Crippen LogP contribution in [0.4, 0.5) is 5.69 Å². The predicted octanol–water partition coefficient (Wildman–Crippen LogP) is 3.30. The van der Waals surface area contributed by atoms with Crippen molar-refractivity contribution >= 4 is 5.69 Å². The van der Waals surface area contributed by atoms with Crippen LogP contribution in [-0.2, 0) is 0 Å². The van der Waals surface area contributed by atoms with Gasteiger partial charge < -0.3 is 15.0 Å². The molecule has 3 nitrogen and oxygen atoms in total. The van der Waals surface area contributed by atoms with Crippen molar-refractivity contribution < 1.29 is 4.74 Å². The van der Waals surface area contributed by atoms with E-state index in [1.54, 1.807) is 0 Å². The van der Waals surface area contributed by atoms with Crippen LogP contribution in [0.5, 0.6) is 5.75 Å². The number of anilines is 1. The molecule has 21 heavy (non-hydrogen) atoms. The molecule has 1 aliphatic heterocycles. The van der Waals surface area contributed by atoms with Gasteiger partial charge in [-0.2, -0.15) is 0 Å². The van der Waals surface area contributed by atoms with Gasteiger partial charge in [0.15, 0.2) is 0 Å². The first-order chi connectivity index (χ1) is 10.2. The van der Waals surface area contributed by atoms with Crippen LogP contribution in [0.1, 0.15) is 33.1 Å². The van der Waals surface area contributed by atoms with Crippen molar-refractivity contribution in [3.8, 4) is 5.75 Å². The molecule has 2 aliphatic rings. The minimum Gasteiger partial charge on any atom is -0.490 e. The molecular formula is C18H28N2O. The van der Waals surface area contributed by atoms with Crippen molar-refractivity contribution in [3.63, 3.8) is 0 Å². The van der Waals surface area contributed by atoms with Crippen LogP contribution in [0.15, 0.2) is 24.3 Å². The fourth-order valence-electron chi connectivity index (χ4n) is 3.47. The summed E-state index contributed by atoms with van der Waals surface area (Å²) in [6.45, 7) is 9.04. The minimum absolute atomic E-state index is 0.398. The SMILES string of the molecule is CC1CCC(Oc2cccc(N3CCNCC3)c2)CC1C. The van der Waals surface area contributed by atoms with E-state index in [0.29, 0.717) is 6.10 Å². The van der Waals surface area contributed by atoms with Crippen LogP contribution in [0.2, 0.25) is 0 Å². The van der Waals surface area contributed by atoms with Gasteiger partial charge in [0.25, 0.3) is 0 Å². The summed E-state index contributed by atoms with van der Waals surface area (Å²) in [6, 6.07) is 8.65. The molecule has 3 rings (SSSR count). The lowest BCUT2D eigenvalue weighted by atomic mass is 9.80. The van der Waals surface area contributed by atoms with E-state index in [1.165, 1.54) is 24.9 Å². The number of nitrogens with zero attached hydrogens (tertiary/aromatic N) is 1. The zero-order chi connectivity index (χ0) is 14.7. The Hall–Kier alpha value is -1.22. The Morgan fingerprint density at radius 2 is 1.90 bits per heavy atom. The minimum atomic E-state index is 0.398. The zero-order valence-electron chi connectivity index (χ0n) is 13.3. The van der Waals surface area contributed by atoms with E-state index in [1.807, 2.05) is 0 Å². The molecule has 3 heteroatoms. The third kappa shape index (κ3) is 3.70. The second kappa shape index (κ2) is 6.69. The molecule has 0 bridgehead atoms. The molecule has 1 N–H and O–H groups in total. The Balaban J connectivity index is 1.63. The van der Waals surface area contributed by atoms with Crippen molar-refractivity contribution in [2.24, 2.45) is 11.8 Å². The van der Waals surface area contributed by atoms with E-state index in [0.717, 1.165) is 43.8 Å². The monoisotopic (exact) mass is 288 g/mol. The molecule has 1 heterocycles. The summed E-state index contributed by atoms with van der Waals surface area (Å²) in [6.07, 6.45) is 4.08. The van der Waals surface area contributed by atoms with Gasteiger partial charge in [0.1, 0.15) is 5.75 Å². The molecule has 1 aliphatic carbocycles. The Bertz CT molecular complexity index is 456. The van der Waals surface area contributed by atoms with Gasteiger partial charge in [0.2, 0.25) is 0 Å². The fraction of sp³-hybridized carbons (Fsp3) is 0.667. The Kier molecular flexibility index (Phi) is 4.69. The first kappa shape index (κ1) is 14.7. The molecule has 1 saturated carbocycles. The maximum atomic E-state index is 6.26. The standard InChI is InChI=1S/C18H28N2O/c1-14-6-7-18(12-15(14)2)21-17-5-3-4-16(13-17)20-10-8-19-9-11-20/h3-5,13-15,18-19H,6-12H2,1-2H3. The molecule has 3 atom stereocenters. The molecule has 1 aromatic carbocycles. The summed E-state index contributed by atoms with van der Waals surface area (Å²) in [5.41, 5.74) is 1.30. The first-order valence-corrected chi connectivity index (χ1v) is 8.45. The molecule has 1 saturated heterocycles. The number of hydrogen-bond donors (Lipinski definition) is 1. The Labute approximate surface area is 128 Å². The van der Waals surface area contributed by atoms with Gasteiger partial charge in [-0.1, -0.05) is 19.9 Å². The molecule has 1 aromatic rings. The Morgan fingerprint density at radius 1 is 1.10 bits per heavy atom.